The van der Waals surface area contributed by atoms with Gasteiger partial charge in [-0.25, -0.2) is 4.98 Å². The number of halogens is 1. The van der Waals surface area contributed by atoms with Gasteiger partial charge in [-0.1, -0.05) is 26.0 Å². The third kappa shape index (κ3) is 4.30. The monoisotopic (exact) mass is 338 g/mol. The molecule has 0 aliphatic carbocycles. The molecule has 0 aliphatic heterocycles. The average molecular weight is 339 g/mol. The number of fused-ring (bicyclic) bond motifs is 1. The molecule has 1 aromatic carbocycles. The van der Waals surface area contributed by atoms with Crippen molar-refractivity contribution in [3.05, 3.63) is 40.4 Å². The molecule has 0 bridgehead atoms. The van der Waals surface area contributed by atoms with Crippen molar-refractivity contribution in [2.24, 2.45) is 11.7 Å². The van der Waals surface area contributed by atoms with Crippen LogP contribution in [0.15, 0.2) is 29.1 Å². The van der Waals surface area contributed by atoms with Crippen LogP contribution in [0, 0.1) is 5.92 Å². The number of nitrogens with zero attached hydrogens (tertiary/aromatic N) is 2. The van der Waals surface area contributed by atoms with Gasteiger partial charge < -0.3 is 15.6 Å². The first kappa shape index (κ1) is 19.1. The zero-order valence-electron chi connectivity index (χ0n) is 13.6. The van der Waals surface area contributed by atoms with Gasteiger partial charge in [0.1, 0.15) is 5.82 Å². The second-order valence-corrected chi connectivity index (χ2v) is 5.65. The van der Waals surface area contributed by atoms with Gasteiger partial charge in [-0.15, -0.1) is 12.4 Å². The summed E-state index contributed by atoms with van der Waals surface area (Å²) in [5, 5.41) is 0.541. The zero-order chi connectivity index (χ0) is 16.3. The van der Waals surface area contributed by atoms with E-state index in [1.54, 1.807) is 23.1 Å². The Labute approximate surface area is 141 Å². The Morgan fingerprint density at radius 2 is 2.00 bits per heavy atom. The van der Waals surface area contributed by atoms with Crippen molar-refractivity contribution in [2.75, 3.05) is 6.54 Å². The fraction of sp³-hybridized carbons (Fsp3) is 0.438. The molecule has 0 unspecified atom stereocenters. The van der Waals surface area contributed by atoms with Gasteiger partial charge in [0.05, 0.1) is 23.5 Å². The molecule has 0 spiro atoms. The minimum absolute atomic E-state index is 0. The molecule has 0 saturated heterocycles. The number of para-hydroxylation sites is 1. The second kappa shape index (κ2) is 8.08. The Kier molecular flexibility index (Phi) is 6.72. The largest absolute Gasteiger partial charge is 0.334 e. The smallest absolute Gasteiger partial charge is 0.258 e. The third-order valence-electron chi connectivity index (χ3n) is 3.70. The highest BCUT2D eigenvalue weighted by Gasteiger charge is 2.23. The fourth-order valence-electron chi connectivity index (χ4n) is 2.23. The number of carbonyl (C=O) groups excluding carboxylic acids is 1. The van der Waals surface area contributed by atoms with Crippen LogP contribution in [-0.2, 0) is 11.3 Å². The van der Waals surface area contributed by atoms with Crippen LogP contribution in [0.1, 0.15) is 26.6 Å². The van der Waals surface area contributed by atoms with Crippen LogP contribution in [0.25, 0.3) is 10.9 Å². The summed E-state index contributed by atoms with van der Waals surface area (Å²) in [5.41, 5.74) is 6.35. The molecule has 126 valence electrons. The summed E-state index contributed by atoms with van der Waals surface area (Å²) in [7, 11) is 0. The Morgan fingerprint density at radius 3 is 2.61 bits per heavy atom. The van der Waals surface area contributed by atoms with Gasteiger partial charge in [0.25, 0.3) is 5.56 Å². The van der Waals surface area contributed by atoms with E-state index in [4.69, 9.17) is 5.73 Å². The standard InChI is InChI=1S/C16H22N4O2.ClH/c1-4-20(16(22)14(17)10(2)3)9-13-18-12-8-6-5-7-11(12)15(21)19-13;/h5-8,10,14H,4,9,17H2,1-3H3,(H,18,19,21);1H/t14-;/m0./s1. The maximum Gasteiger partial charge on any atom is 0.258 e. The topological polar surface area (TPSA) is 92.1 Å². The molecule has 0 saturated carbocycles. The number of carbonyl (C=O) groups is 1. The number of hydrogen-bond donors (Lipinski definition) is 2. The normalized spacial score (nSPS) is 12.0. The fourth-order valence-corrected chi connectivity index (χ4v) is 2.23. The Morgan fingerprint density at radius 1 is 1.35 bits per heavy atom. The first-order valence-electron chi connectivity index (χ1n) is 7.46. The molecule has 23 heavy (non-hydrogen) atoms. The van der Waals surface area contributed by atoms with Crippen molar-refractivity contribution in [1.82, 2.24) is 14.9 Å². The molecule has 7 heteroatoms. The van der Waals surface area contributed by atoms with Crippen molar-refractivity contribution >= 4 is 29.2 Å². The first-order valence-corrected chi connectivity index (χ1v) is 7.46. The summed E-state index contributed by atoms with van der Waals surface area (Å²) in [6.07, 6.45) is 0. The number of nitrogens with two attached hydrogens (primary N) is 1. The average Bonchev–Trinajstić information content (AvgIpc) is 2.51. The predicted octanol–water partition coefficient (Wildman–Crippen LogP) is 1.68. The molecule has 1 aromatic heterocycles. The number of aromatic amines is 1. The number of benzene rings is 1. The van der Waals surface area contributed by atoms with Crippen LogP contribution in [0.3, 0.4) is 0 Å². The molecule has 0 radical (unpaired) electrons. The van der Waals surface area contributed by atoms with Gasteiger partial charge >= 0.3 is 0 Å². The van der Waals surface area contributed by atoms with Crippen molar-refractivity contribution in [2.45, 2.75) is 33.4 Å². The minimum Gasteiger partial charge on any atom is -0.334 e. The SMILES string of the molecule is CCN(Cc1nc2ccccc2c(=O)[nH]1)C(=O)[C@@H](N)C(C)C.Cl. The summed E-state index contributed by atoms with van der Waals surface area (Å²) >= 11 is 0. The second-order valence-electron chi connectivity index (χ2n) is 5.65. The highest BCUT2D eigenvalue weighted by atomic mass is 35.5. The summed E-state index contributed by atoms with van der Waals surface area (Å²) in [4.78, 5) is 33.2. The number of rotatable bonds is 5. The van der Waals surface area contributed by atoms with E-state index in [1.807, 2.05) is 26.8 Å². The number of H-pyrrole nitrogens is 1. The van der Waals surface area contributed by atoms with Crippen molar-refractivity contribution in [1.29, 1.82) is 0 Å². The van der Waals surface area contributed by atoms with Crippen LogP contribution < -0.4 is 11.3 Å². The van der Waals surface area contributed by atoms with Crippen LogP contribution in [-0.4, -0.2) is 33.4 Å². The van der Waals surface area contributed by atoms with Crippen LogP contribution in [0.2, 0.25) is 0 Å². The molecule has 0 fully saturated rings. The lowest BCUT2D eigenvalue weighted by Crippen LogP contribution is -2.46. The Bertz CT molecular complexity index is 729. The lowest BCUT2D eigenvalue weighted by Gasteiger charge is -2.25. The Hall–Kier alpha value is -1.92. The van der Waals surface area contributed by atoms with E-state index >= 15 is 0 Å². The van der Waals surface area contributed by atoms with Gasteiger partial charge in [0.15, 0.2) is 0 Å². The van der Waals surface area contributed by atoms with Gasteiger partial charge in [-0.05, 0) is 25.0 Å². The van der Waals surface area contributed by atoms with Crippen molar-refractivity contribution in [3.63, 3.8) is 0 Å². The molecule has 0 aliphatic rings. The number of aromatic nitrogens is 2. The summed E-state index contributed by atoms with van der Waals surface area (Å²) in [5.74, 6) is 0.397. The van der Waals surface area contributed by atoms with Crippen molar-refractivity contribution < 1.29 is 4.79 Å². The van der Waals surface area contributed by atoms with E-state index in [0.717, 1.165) is 0 Å². The van der Waals surface area contributed by atoms with Crippen LogP contribution in [0.5, 0.6) is 0 Å². The molecule has 6 nitrogen and oxygen atoms in total. The highest BCUT2D eigenvalue weighted by molar-refractivity contribution is 5.85. The lowest BCUT2D eigenvalue weighted by molar-refractivity contribution is -0.134. The zero-order valence-corrected chi connectivity index (χ0v) is 14.4. The maximum atomic E-state index is 12.3. The molecule has 2 rings (SSSR count). The molecular formula is C16H23ClN4O2. The first-order chi connectivity index (χ1) is 10.4. The maximum absolute atomic E-state index is 12.3. The van der Waals surface area contributed by atoms with Gasteiger partial charge in [-0.3, -0.25) is 9.59 Å². The summed E-state index contributed by atoms with van der Waals surface area (Å²) in [6.45, 7) is 6.45. The number of amides is 1. The van der Waals surface area contributed by atoms with E-state index in [0.29, 0.717) is 23.3 Å². The molecule has 3 N–H and O–H groups in total. The van der Waals surface area contributed by atoms with Gasteiger partial charge in [-0.2, -0.15) is 0 Å². The van der Waals surface area contributed by atoms with E-state index in [-0.39, 0.29) is 36.3 Å². The summed E-state index contributed by atoms with van der Waals surface area (Å²) < 4.78 is 0. The summed E-state index contributed by atoms with van der Waals surface area (Å²) in [6, 6.07) is 6.58. The molecule has 1 heterocycles. The van der Waals surface area contributed by atoms with E-state index in [9.17, 15) is 9.59 Å². The van der Waals surface area contributed by atoms with E-state index < -0.39 is 6.04 Å². The van der Waals surface area contributed by atoms with Crippen molar-refractivity contribution in [3.8, 4) is 0 Å². The molecule has 1 atom stereocenters. The van der Waals surface area contributed by atoms with Gasteiger partial charge in [0.2, 0.25) is 5.91 Å². The third-order valence-corrected chi connectivity index (χ3v) is 3.70. The molecule has 2 aromatic rings. The predicted molar refractivity (Wildman–Crippen MR) is 93.5 cm³/mol. The number of likely N-dealkylation sites (N-methyl/N-ethyl adjacent to an activating group) is 1. The van der Waals surface area contributed by atoms with Gasteiger partial charge in [0, 0.05) is 6.54 Å². The minimum atomic E-state index is -0.549. The highest BCUT2D eigenvalue weighted by Crippen LogP contribution is 2.09. The van der Waals surface area contributed by atoms with Crippen LogP contribution in [0.4, 0.5) is 0 Å². The number of nitrogens with one attached hydrogen (secondary N) is 1. The van der Waals surface area contributed by atoms with E-state index in [2.05, 4.69) is 9.97 Å². The quantitative estimate of drug-likeness (QED) is 0.867. The molecular weight excluding hydrogens is 316 g/mol. The lowest BCUT2D eigenvalue weighted by atomic mass is 10.0. The number of hydrogen-bond acceptors (Lipinski definition) is 4. The van der Waals surface area contributed by atoms with E-state index in [1.165, 1.54) is 0 Å². The molecule has 1 amide bonds. The van der Waals surface area contributed by atoms with Crippen LogP contribution >= 0.6 is 12.4 Å². The Balaban J connectivity index is 0.00000264.